The molecule has 0 saturated carbocycles. The van der Waals surface area contributed by atoms with Crippen LogP contribution in [0.3, 0.4) is 0 Å². The van der Waals surface area contributed by atoms with Crippen molar-refractivity contribution in [3.63, 3.8) is 0 Å². The molecule has 0 radical (unpaired) electrons. The molecular weight excluding hydrogens is 290 g/mol. The fraction of sp³-hybridized carbons (Fsp3) is 0.571. The van der Waals surface area contributed by atoms with Crippen LogP contribution in [0, 0.1) is 0 Å². The molecule has 2 N–H and O–H groups in total. The van der Waals surface area contributed by atoms with Crippen LogP contribution in [0.25, 0.3) is 0 Å². The first-order valence-corrected chi connectivity index (χ1v) is 7.19. The molecule has 1 heterocycles. The number of hydrogen-bond acceptors (Lipinski definition) is 3. The first-order chi connectivity index (χ1) is 8.55. The topological polar surface area (TPSA) is 32.5 Å². The van der Waals surface area contributed by atoms with Gasteiger partial charge < -0.3 is 10.6 Å². The Morgan fingerprint density at radius 1 is 1.50 bits per heavy atom. The zero-order valence-corrected chi connectivity index (χ0v) is 12.8. The zero-order chi connectivity index (χ0) is 13.2. The SMILES string of the molecule is CN1CCC(CN)(N(C)Cc2cccc(Br)c2)C1. The maximum absolute atomic E-state index is 6.04. The molecule has 1 aliphatic rings. The van der Waals surface area contributed by atoms with Gasteiger partial charge in [0.15, 0.2) is 0 Å². The minimum absolute atomic E-state index is 0.136. The summed E-state index contributed by atoms with van der Waals surface area (Å²) in [5, 5.41) is 0. The summed E-state index contributed by atoms with van der Waals surface area (Å²) in [7, 11) is 4.36. The van der Waals surface area contributed by atoms with E-state index in [9.17, 15) is 0 Å². The molecule has 0 aliphatic carbocycles. The molecular formula is C14H22BrN3. The van der Waals surface area contributed by atoms with Crippen LogP contribution in [0.4, 0.5) is 0 Å². The van der Waals surface area contributed by atoms with Gasteiger partial charge in [0, 0.05) is 29.6 Å². The number of benzene rings is 1. The summed E-state index contributed by atoms with van der Waals surface area (Å²) in [6.45, 7) is 3.88. The van der Waals surface area contributed by atoms with Crippen molar-refractivity contribution in [1.29, 1.82) is 0 Å². The summed E-state index contributed by atoms with van der Waals surface area (Å²) in [5.41, 5.74) is 7.50. The smallest absolute Gasteiger partial charge is 0.0470 e. The van der Waals surface area contributed by atoms with E-state index in [0.717, 1.165) is 37.1 Å². The molecule has 100 valence electrons. The molecule has 2 rings (SSSR count). The van der Waals surface area contributed by atoms with Crippen LogP contribution in [-0.4, -0.2) is 49.1 Å². The minimum atomic E-state index is 0.136. The minimum Gasteiger partial charge on any atom is -0.329 e. The molecule has 0 amide bonds. The number of likely N-dealkylation sites (tertiary alicyclic amines) is 1. The fourth-order valence-corrected chi connectivity index (χ4v) is 3.22. The van der Waals surface area contributed by atoms with E-state index in [-0.39, 0.29) is 5.54 Å². The van der Waals surface area contributed by atoms with E-state index < -0.39 is 0 Å². The Kier molecular flexibility index (Phi) is 4.43. The van der Waals surface area contributed by atoms with Crippen molar-refractivity contribution in [3.05, 3.63) is 34.3 Å². The Hall–Kier alpha value is -0.420. The first kappa shape index (κ1) is 14.0. The molecule has 0 aromatic heterocycles. The normalized spacial score (nSPS) is 24.9. The van der Waals surface area contributed by atoms with Gasteiger partial charge in [0.25, 0.3) is 0 Å². The van der Waals surface area contributed by atoms with Crippen LogP contribution in [0.15, 0.2) is 28.7 Å². The van der Waals surface area contributed by atoms with Gasteiger partial charge in [0.2, 0.25) is 0 Å². The lowest BCUT2D eigenvalue weighted by atomic mass is 9.96. The van der Waals surface area contributed by atoms with E-state index in [0.29, 0.717) is 0 Å². The van der Waals surface area contributed by atoms with Crippen molar-refractivity contribution >= 4 is 15.9 Å². The van der Waals surface area contributed by atoms with Gasteiger partial charge in [-0.2, -0.15) is 0 Å². The molecule has 4 heteroatoms. The van der Waals surface area contributed by atoms with E-state index in [1.54, 1.807) is 0 Å². The van der Waals surface area contributed by atoms with Crippen LogP contribution < -0.4 is 5.73 Å². The van der Waals surface area contributed by atoms with Gasteiger partial charge in [-0.15, -0.1) is 0 Å². The van der Waals surface area contributed by atoms with E-state index in [2.05, 4.69) is 64.1 Å². The molecule has 1 fully saturated rings. The number of nitrogens with two attached hydrogens (primary N) is 1. The summed E-state index contributed by atoms with van der Waals surface area (Å²) >= 11 is 3.52. The summed E-state index contributed by atoms with van der Waals surface area (Å²) in [5.74, 6) is 0. The Bertz CT molecular complexity index is 410. The highest BCUT2D eigenvalue weighted by molar-refractivity contribution is 9.10. The van der Waals surface area contributed by atoms with Gasteiger partial charge in [-0.3, -0.25) is 4.90 Å². The summed E-state index contributed by atoms with van der Waals surface area (Å²) in [6.07, 6.45) is 1.16. The molecule has 1 unspecified atom stereocenters. The Morgan fingerprint density at radius 3 is 2.83 bits per heavy atom. The standard InChI is InChI=1S/C14H22BrN3/c1-17-7-6-14(10-16,11-17)18(2)9-12-4-3-5-13(15)8-12/h3-5,8H,6-7,9-11,16H2,1-2H3. The van der Waals surface area contributed by atoms with Crippen LogP contribution in [0.5, 0.6) is 0 Å². The third-order valence-corrected chi connectivity index (χ3v) is 4.51. The predicted octanol–water partition coefficient (Wildman–Crippen LogP) is 1.91. The molecule has 1 atom stereocenters. The van der Waals surface area contributed by atoms with Crippen molar-refractivity contribution < 1.29 is 0 Å². The van der Waals surface area contributed by atoms with Gasteiger partial charge in [0.05, 0.1) is 0 Å². The molecule has 1 aromatic rings. The van der Waals surface area contributed by atoms with Crippen LogP contribution in [-0.2, 0) is 6.54 Å². The van der Waals surface area contributed by atoms with Gasteiger partial charge in [0.1, 0.15) is 0 Å². The largest absolute Gasteiger partial charge is 0.329 e. The van der Waals surface area contributed by atoms with Crippen LogP contribution in [0.1, 0.15) is 12.0 Å². The van der Waals surface area contributed by atoms with Gasteiger partial charge in [-0.25, -0.2) is 0 Å². The fourth-order valence-electron chi connectivity index (χ4n) is 2.77. The molecule has 1 aliphatic heterocycles. The van der Waals surface area contributed by atoms with Gasteiger partial charge >= 0.3 is 0 Å². The van der Waals surface area contributed by atoms with E-state index in [1.165, 1.54) is 5.56 Å². The second-order valence-electron chi connectivity index (χ2n) is 5.40. The Morgan fingerprint density at radius 2 is 2.28 bits per heavy atom. The Balaban J connectivity index is 2.09. The van der Waals surface area contributed by atoms with Crippen LogP contribution in [0.2, 0.25) is 0 Å². The van der Waals surface area contributed by atoms with E-state index >= 15 is 0 Å². The zero-order valence-electron chi connectivity index (χ0n) is 11.2. The number of likely N-dealkylation sites (N-methyl/N-ethyl adjacent to an activating group) is 2. The van der Waals surface area contributed by atoms with E-state index in [1.807, 2.05) is 0 Å². The number of rotatable bonds is 4. The summed E-state index contributed by atoms with van der Waals surface area (Å²) in [6, 6.07) is 8.50. The maximum Gasteiger partial charge on any atom is 0.0470 e. The van der Waals surface area contributed by atoms with Crippen molar-refractivity contribution in [2.45, 2.75) is 18.5 Å². The molecule has 0 spiro atoms. The maximum atomic E-state index is 6.04. The third kappa shape index (κ3) is 2.94. The van der Waals surface area contributed by atoms with Crippen molar-refractivity contribution in [1.82, 2.24) is 9.80 Å². The molecule has 0 bridgehead atoms. The highest BCUT2D eigenvalue weighted by atomic mass is 79.9. The average molecular weight is 312 g/mol. The quantitative estimate of drug-likeness (QED) is 0.922. The highest BCUT2D eigenvalue weighted by Crippen LogP contribution is 2.27. The second-order valence-corrected chi connectivity index (χ2v) is 6.32. The monoisotopic (exact) mass is 311 g/mol. The molecule has 3 nitrogen and oxygen atoms in total. The summed E-state index contributed by atoms with van der Waals surface area (Å²) in [4.78, 5) is 4.78. The summed E-state index contributed by atoms with van der Waals surface area (Å²) < 4.78 is 1.14. The molecule has 1 aromatic carbocycles. The third-order valence-electron chi connectivity index (χ3n) is 4.02. The Labute approximate surface area is 118 Å². The van der Waals surface area contributed by atoms with Crippen molar-refractivity contribution in [3.8, 4) is 0 Å². The van der Waals surface area contributed by atoms with Crippen LogP contribution >= 0.6 is 15.9 Å². The molecule has 1 saturated heterocycles. The van der Waals surface area contributed by atoms with Gasteiger partial charge in [-0.1, -0.05) is 28.1 Å². The second kappa shape index (κ2) is 5.70. The highest BCUT2D eigenvalue weighted by Gasteiger charge is 2.38. The van der Waals surface area contributed by atoms with Crippen molar-refractivity contribution in [2.75, 3.05) is 33.7 Å². The lowest BCUT2D eigenvalue weighted by molar-refractivity contribution is 0.126. The predicted molar refractivity (Wildman–Crippen MR) is 79.5 cm³/mol. The first-order valence-electron chi connectivity index (χ1n) is 6.40. The van der Waals surface area contributed by atoms with Crippen molar-refractivity contribution in [2.24, 2.45) is 5.73 Å². The number of nitrogens with zero attached hydrogens (tertiary/aromatic N) is 2. The van der Waals surface area contributed by atoms with E-state index in [4.69, 9.17) is 5.73 Å². The lowest BCUT2D eigenvalue weighted by Gasteiger charge is -2.38. The lowest BCUT2D eigenvalue weighted by Crippen LogP contribution is -2.53. The van der Waals surface area contributed by atoms with Gasteiger partial charge in [-0.05, 0) is 44.8 Å². The average Bonchev–Trinajstić information content (AvgIpc) is 2.72. The number of halogens is 1. The number of hydrogen-bond donors (Lipinski definition) is 1. The molecule has 18 heavy (non-hydrogen) atoms.